The molecule has 1 N–H and O–H groups in total. The normalized spacial score (nSPS) is 27.5. The Morgan fingerprint density at radius 3 is 2.56 bits per heavy atom. The van der Waals surface area contributed by atoms with Crippen molar-refractivity contribution >= 4 is 0 Å². The predicted octanol–water partition coefficient (Wildman–Crippen LogP) is 4.55. The standard InChI is InChI=1S/C21H30O4/c1-5-7-9-21(3)12-18(23-4)20(22)19(21)15-11-17-16(24-13-25-17)10-14(15)8-6-2/h10-12,19-20,22H,5-9,13H2,1-4H3. The van der Waals surface area contributed by atoms with E-state index >= 15 is 0 Å². The number of hydrogen-bond acceptors (Lipinski definition) is 4. The van der Waals surface area contributed by atoms with Crippen LogP contribution in [0.4, 0.5) is 0 Å². The highest BCUT2D eigenvalue weighted by molar-refractivity contribution is 5.52. The van der Waals surface area contributed by atoms with Crippen LogP contribution in [0.25, 0.3) is 0 Å². The van der Waals surface area contributed by atoms with Crippen LogP contribution in [-0.4, -0.2) is 25.1 Å². The zero-order valence-electron chi connectivity index (χ0n) is 15.8. The molecule has 0 amide bonds. The zero-order chi connectivity index (χ0) is 18.0. The number of hydrogen-bond donors (Lipinski definition) is 1. The molecule has 1 aliphatic carbocycles. The highest BCUT2D eigenvalue weighted by Crippen LogP contribution is 2.53. The topological polar surface area (TPSA) is 47.9 Å². The molecule has 0 saturated heterocycles. The SMILES string of the molecule is CCCCC1(C)C=C(OC)C(O)C1c1cc2c(cc1CCC)OCO2. The molecule has 0 radical (unpaired) electrons. The van der Waals surface area contributed by atoms with Crippen molar-refractivity contribution in [2.24, 2.45) is 5.41 Å². The van der Waals surface area contributed by atoms with Gasteiger partial charge < -0.3 is 19.3 Å². The molecular formula is C21H30O4. The zero-order valence-corrected chi connectivity index (χ0v) is 15.8. The maximum absolute atomic E-state index is 11.0. The van der Waals surface area contributed by atoms with E-state index < -0.39 is 6.10 Å². The van der Waals surface area contributed by atoms with Gasteiger partial charge in [0.1, 0.15) is 11.9 Å². The molecule has 4 nitrogen and oxygen atoms in total. The summed E-state index contributed by atoms with van der Waals surface area (Å²) in [6.45, 7) is 6.89. The van der Waals surface area contributed by atoms with Crippen molar-refractivity contribution < 1.29 is 19.3 Å². The first-order chi connectivity index (χ1) is 12.0. The molecule has 0 fully saturated rings. The first-order valence-electron chi connectivity index (χ1n) is 9.41. The first kappa shape index (κ1) is 18.1. The average Bonchev–Trinajstić information content (AvgIpc) is 3.15. The van der Waals surface area contributed by atoms with E-state index in [1.54, 1.807) is 7.11 Å². The van der Waals surface area contributed by atoms with Crippen LogP contribution >= 0.6 is 0 Å². The Kier molecular flexibility index (Phi) is 5.28. The lowest BCUT2D eigenvalue weighted by atomic mass is 9.70. The number of fused-ring (bicyclic) bond motifs is 1. The van der Waals surface area contributed by atoms with E-state index in [9.17, 15) is 5.11 Å². The van der Waals surface area contributed by atoms with Crippen molar-refractivity contribution in [2.45, 2.75) is 64.9 Å². The van der Waals surface area contributed by atoms with Gasteiger partial charge in [-0.3, -0.25) is 0 Å². The molecule has 1 heterocycles. The molecule has 0 saturated carbocycles. The monoisotopic (exact) mass is 346 g/mol. The second-order valence-corrected chi connectivity index (χ2v) is 7.44. The van der Waals surface area contributed by atoms with E-state index in [-0.39, 0.29) is 18.1 Å². The van der Waals surface area contributed by atoms with E-state index in [1.807, 2.05) is 0 Å². The third-order valence-corrected chi connectivity index (χ3v) is 5.58. The smallest absolute Gasteiger partial charge is 0.231 e. The van der Waals surface area contributed by atoms with Gasteiger partial charge >= 0.3 is 0 Å². The number of methoxy groups -OCH3 is 1. The lowest BCUT2D eigenvalue weighted by Gasteiger charge is -2.34. The number of aliphatic hydroxyl groups is 1. The average molecular weight is 346 g/mol. The summed E-state index contributed by atoms with van der Waals surface area (Å²) in [5.74, 6) is 2.26. The van der Waals surface area contributed by atoms with Crippen LogP contribution in [-0.2, 0) is 11.2 Å². The Bertz CT molecular complexity index is 652. The molecule has 1 aromatic carbocycles. The van der Waals surface area contributed by atoms with Gasteiger partial charge in [-0.1, -0.05) is 40.0 Å². The minimum atomic E-state index is -0.622. The minimum Gasteiger partial charge on any atom is -0.499 e. The van der Waals surface area contributed by atoms with Gasteiger partial charge in [0.25, 0.3) is 0 Å². The molecular weight excluding hydrogens is 316 g/mol. The molecule has 1 aromatic rings. The van der Waals surface area contributed by atoms with E-state index in [0.29, 0.717) is 5.76 Å². The van der Waals surface area contributed by atoms with Crippen molar-refractivity contribution in [3.63, 3.8) is 0 Å². The Hall–Kier alpha value is -1.68. The predicted molar refractivity (Wildman–Crippen MR) is 98.0 cm³/mol. The Balaban J connectivity index is 2.06. The second kappa shape index (κ2) is 7.28. The summed E-state index contributed by atoms with van der Waals surface area (Å²) in [7, 11) is 1.64. The number of aryl methyl sites for hydroxylation is 1. The highest BCUT2D eigenvalue weighted by Gasteiger charge is 2.47. The molecule has 4 heteroatoms. The molecule has 0 spiro atoms. The third kappa shape index (κ3) is 3.24. The Morgan fingerprint density at radius 1 is 1.20 bits per heavy atom. The summed E-state index contributed by atoms with van der Waals surface area (Å²) in [6.07, 6.45) is 6.81. The van der Waals surface area contributed by atoms with E-state index in [1.165, 1.54) is 11.1 Å². The van der Waals surface area contributed by atoms with E-state index in [0.717, 1.165) is 43.6 Å². The molecule has 1 aliphatic heterocycles. The van der Waals surface area contributed by atoms with Gasteiger partial charge in [-0.2, -0.15) is 0 Å². The Morgan fingerprint density at radius 2 is 1.92 bits per heavy atom. The van der Waals surface area contributed by atoms with Gasteiger partial charge in [-0.25, -0.2) is 0 Å². The number of ether oxygens (including phenoxy) is 3. The highest BCUT2D eigenvalue weighted by atomic mass is 16.7. The van der Waals surface area contributed by atoms with Gasteiger partial charge in [-0.05, 0) is 47.6 Å². The Labute approximate surface area is 150 Å². The summed E-state index contributed by atoms with van der Waals surface area (Å²) in [5, 5.41) is 11.0. The van der Waals surface area contributed by atoms with Crippen LogP contribution in [0.3, 0.4) is 0 Å². The van der Waals surface area contributed by atoms with Gasteiger partial charge in [0, 0.05) is 5.92 Å². The summed E-state index contributed by atoms with van der Waals surface area (Å²) in [5.41, 5.74) is 2.28. The van der Waals surface area contributed by atoms with Crippen molar-refractivity contribution in [1.82, 2.24) is 0 Å². The lowest BCUT2D eigenvalue weighted by molar-refractivity contribution is 0.0956. The molecule has 25 heavy (non-hydrogen) atoms. The van der Waals surface area contributed by atoms with Crippen LogP contribution in [0.15, 0.2) is 24.0 Å². The van der Waals surface area contributed by atoms with Gasteiger partial charge in [0.15, 0.2) is 11.5 Å². The fraction of sp³-hybridized carbons (Fsp3) is 0.619. The van der Waals surface area contributed by atoms with Crippen LogP contribution in [0.1, 0.15) is 63.5 Å². The molecule has 0 bridgehead atoms. The number of allylic oxidation sites excluding steroid dienone is 1. The largest absolute Gasteiger partial charge is 0.499 e. The molecule has 3 rings (SSSR count). The summed E-state index contributed by atoms with van der Waals surface area (Å²) in [6, 6.07) is 4.18. The van der Waals surface area contributed by atoms with Crippen LogP contribution < -0.4 is 9.47 Å². The molecule has 2 aliphatic rings. The van der Waals surface area contributed by atoms with Gasteiger partial charge in [0.2, 0.25) is 6.79 Å². The fourth-order valence-corrected chi connectivity index (χ4v) is 4.29. The maximum Gasteiger partial charge on any atom is 0.231 e. The summed E-state index contributed by atoms with van der Waals surface area (Å²) in [4.78, 5) is 0. The van der Waals surface area contributed by atoms with Gasteiger partial charge in [0.05, 0.1) is 7.11 Å². The molecule has 3 unspecified atom stereocenters. The van der Waals surface area contributed by atoms with Crippen molar-refractivity contribution in [3.8, 4) is 11.5 Å². The second-order valence-electron chi connectivity index (χ2n) is 7.44. The summed E-state index contributed by atoms with van der Waals surface area (Å²) < 4.78 is 16.7. The molecule has 3 atom stereocenters. The minimum absolute atomic E-state index is 0.0231. The number of rotatable bonds is 7. The van der Waals surface area contributed by atoms with Gasteiger partial charge in [-0.15, -0.1) is 0 Å². The van der Waals surface area contributed by atoms with Crippen molar-refractivity contribution in [2.75, 3.05) is 13.9 Å². The van der Waals surface area contributed by atoms with Crippen LogP contribution in [0.5, 0.6) is 11.5 Å². The summed E-state index contributed by atoms with van der Waals surface area (Å²) >= 11 is 0. The first-order valence-corrected chi connectivity index (χ1v) is 9.41. The maximum atomic E-state index is 11.0. The van der Waals surface area contributed by atoms with E-state index in [4.69, 9.17) is 14.2 Å². The number of benzene rings is 1. The van der Waals surface area contributed by atoms with Crippen LogP contribution in [0.2, 0.25) is 0 Å². The molecule has 0 aromatic heterocycles. The molecule has 138 valence electrons. The number of unbranched alkanes of at least 4 members (excludes halogenated alkanes) is 1. The number of aliphatic hydroxyl groups excluding tert-OH is 1. The fourth-order valence-electron chi connectivity index (χ4n) is 4.29. The van der Waals surface area contributed by atoms with Crippen molar-refractivity contribution in [3.05, 3.63) is 35.1 Å². The quantitative estimate of drug-likeness (QED) is 0.787. The van der Waals surface area contributed by atoms with E-state index in [2.05, 4.69) is 39.0 Å². The third-order valence-electron chi connectivity index (χ3n) is 5.58. The lowest BCUT2D eigenvalue weighted by Crippen LogP contribution is -2.29. The van der Waals surface area contributed by atoms with Crippen LogP contribution in [0, 0.1) is 5.41 Å². The van der Waals surface area contributed by atoms with Crippen molar-refractivity contribution in [1.29, 1.82) is 0 Å².